The number of nitrogens with one attached hydrogen (secondary N) is 1. The molecule has 2 heterocycles. The number of Topliss-reactive ketones (excluding diaryl/α,β-unsaturated/α-hetero) is 1. The third kappa shape index (κ3) is 5.29. The number of hydrogen-bond acceptors (Lipinski definition) is 5. The molecule has 1 aliphatic rings. The molecule has 0 unspecified atom stereocenters. The van der Waals surface area contributed by atoms with E-state index in [9.17, 15) is 4.79 Å². The number of ketones is 1. The van der Waals surface area contributed by atoms with Crippen molar-refractivity contribution in [2.24, 2.45) is 10.1 Å². The van der Waals surface area contributed by atoms with Crippen molar-refractivity contribution >= 4 is 30.2 Å². The van der Waals surface area contributed by atoms with Crippen molar-refractivity contribution in [2.75, 3.05) is 6.54 Å². The summed E-state index contributed by atoms with van der Waals surface area (Å²) in [6.45, 7) is 2.43. The molecular weight excluding hydrogens is 338 g/mol. The summed E-state index contributed by atoms with van der Waals surface area (Å²) >= 11 is 0. The number of carbonyl (C=O) groups excluding carboxylic acids is 1. The minimum Gasteiger partial charge on any atom is -0.455 e. The molecule has 0 bridgehead atoms. The van der Waals surface area contributed by atoms with Gasteiger partial charge in [-0.3, -0.25) is 15.2 Å². The first-order valence-corrected chi connectivity index (χ1v) is 8.26. The number of hydrazone groups is 1. The van der Waals surface area contributed by atoms with E-state index < -0.39 is 0 Å². The lowest BCUT2D eigenvalue weighted by atomic mass is 10.1. The molecule has 0 saturated carbocycles. The van der Waals surface area contributed by atoms with E-state index in [0.29, 0.717) is 11.3 Å². The van der Waals surface area contributed by atoms with E-state index in [1.165, 1.54) is 6.42 Å². The predicted molar refractivity (Wildman–Crippen MR) is 103 cm³/mol. The predicted octanol–water partition coefficient (Wildman–Crippen LogP) is 4.47. The summed E-state index contributed by atoms with van der Waals surface area (Å²) in [6, 6.07) is 11.1. The first-order valence-electron chi connectivity index (χ1n) is 8.26. The molecule has 1 aromatic heterocycles. The van der Waals surface area contributed by atoms with Gasteiger partial charge in [0.1, 0.15) is 17.4 Å². The molecule has 0 fully saturated rings. The lowest BCUT2D eigenvalue weighted by Crippen LogP contribution is -2.17. The van der Waals surface area contributed by atoms with Crippen molar-refractivity contribution in [3.8, 4) is 11.3 Å². The molecule has 0 saturated heterocycles. The van der Waals surface area contributed by atoms with E-state index in [-0.39, 0.29) is 18.2 Å². The molecular formula is C19H22ClN3O2. The van der Waals surface area contributed by atoms with Gasteiger partial charge in [-0.05, 0) is 31.9 Å². The summed E-state index contributed by atoms with van der Waals surface area (Å²) in [7, 11) is 0. The Balaban J connectivity index is 0.00000225. The second-order valence-corrected chi connectivity index (χ2v) is 5.84. The zero-order valence-electron chi connectivity index (χ0n) is 14.2. The first kappa shape index (κ1) is 18.9. The molecule has 0 amide bonds. The summed E-state index contributed by atoms with van der Waals surface area (Å²) in [4.78, 5) is 15.8. The van der Waals surface area contributed by atoms with E-state index >= 15 is 0 Å². The minimum atomic E-state index is 0. The van der Waals surface area contributed by atoms with E-state index in [0.717, 1.165) is 43.0 Å². The molecule has 132 valence electrons. The van der Waals surface area contributed by atoms with Gasteiger partial charge in [-0.15, -0.1) is 12.4 Å². The highest BCUT2D eigenvalue weighted by Gasteiger charge is 2.06. The first-order chi connectivity index (χ1) is 11.7. The van der Waals surface area contributed by atoms with Crippen LogP contribution in [0.15, 0.2) is 50.9 Å². The maximum Gasteiger partial charge on any atom is 0.159 e. The second kappa shape index (κ2) is 9.18. The SMILES string of the molecule is CC(=O)c1ccc(-c2ccc(C=NNC3=NCCCCC3)o2)cc1.Cl. The van der Waals surface area contributed by atoms with Gasteiger partial charge in [0.15, 0.2) is 5.78 Å². The van der Waals surface area contributed by atoms with Crippen molar-refractivity contribution in [3.05, 3.63) is 47.7 Å². The van der Waals surface area contributed by atoms with Crippen LogP contribution in [-0.2, 0) is 0 Å². The number of amidine groups is 1. The van der Waals surface area contributed by atoms with Gasteiger partial charge in [-0.25, -0.2) is 0 Å². The normalized spacial score (nSPS) is 14.5. The molecule has 6 heteroatoms. The van der Waals surface area contributed by atoms with E-state index in [1.54, 1.807) is 25.3 Å². The molecule has 1 N–H and O–H groups in total. The topological polar surface area (TPSA) is 67.0 Å². The van der Waals surface area contributed by atoms with Crippen molar-refractivity contribution in [1.29, 1.82) is 0 Å². The van der Waals surface area contributed by atoms with E-state index in [2.05, 4.69) is 15.5 Å². The van der Waals surface area contributed by atoms with Crippen molar-refractivity contribution < 1.29 is 9.21 Å². The number of carbonyl (C=O) groups is 1. The summed E-state index contributed by atoms with van der Waals surface area (Å²) in [5.41, 5.74) is 4.63. The third-order valence-corrected chi connectivity index (χ3v) is 3.96. The fourth-order valence-corrected chi connectivity index (χ4v) is 2.58. The summed E-state index contributed by atoms with van der Waals surface area (Å²) in [6.07, 6.45) is 6.13. The lowest BCUT2D eigenvalue weighted by Gasteiger charge is -2.01. The molecule has 25 heavy (non-hydrogen) atoms. The van der Waals surface area contributed by atoms with Crippen LogP contribution in [0.2, 0.25) is 0 Å². The average Bonchev–Trinajstić information content (AvgIpc) is 2.91. The number of benzene rings is 1. The Hall–Kier alpha value is -2.40. The minimum absolute atomic E-state index is 0. The van der Waals surface area contributed by atoms with Crippen LogP contribution < -0.4 is 5.43 Å². The van der Waals surface area contributed by atoms with Gasteiger partial charge >= 0.3 is 0 Å². The van der Waals surface area contributed by atoms with Crippen LogP contribution in [0.25, 0.3) is 11.3 Å². The van der Waals surface area contributed by atoms with E-state index in [1.807, 2.05) is 24.3 Å². The number of hydrogen-bond donors (Lipinski definition) is 1. The Morgan fingerprint density at radius 1 is 1.16 bits per heavy atom. The molecule has 0 aliphatic carbocycles. The lowest BCUT2D eigenvalue weighted by molar-refractivity contribution is 0.101. The van der Waals surface area contributed by atoms with Crippen LogP contribution >= 0.6 is 12.4 Å². The summed E-state index contributed by atoms with van der Waals surface area (Å²) in [5, 5.41) is 4.21. The van der Waals surface area contributed by atoms with Gasteiger partial charge in [-0.2, -0.15) is 5.10 Å². The fraction of sp³-hybridized carbons (Fsp3) is 0.316. The number of nitrogens with zero attached hydrogens (tertiary/aromatic N) is 2. The standard InChI is InChI=1S/C19H21N3O2.ClH/c1-14(23)15-6-8-16(9-7-15)18-11-10-17(24-18)13-21-22-19-5-3-2-4-12-20-19;/h6-11,13H,2-5,12H2,1H3,(H,20,22);1H. The molecule has 1 aliphatic heterocycles. The Morgan fingerprint density at radius 2 is 1.96 bits per heavy atom. The van der Waals surface area contributed by atoms with Crippen LogP contribution in [0.1, 0.15) is 48.7 Å². The van der Waals surface area contributed by atoms with Crippen LogP contribution in [0, 0.1) is 0 Å². The van der Waals surface area contributed by atoms with Gasteiger partial charge in [0.05, 0.1) is 6.21 Å². The number of aliphatic imine (C=N–C) groups is 1. The van der Waals surface area contributed by atoms with E-state index in [4.69, 9.17) is 4.42 Å². The molecule has 2 aromatic rings. The Labute approximate surface area is 153 Å². The molecule has 1 aromatic carbocycles. The van der Waals surface area contributed by atoms with Gasteiger partial charge in [0.25, 0.3) is 0 Å². The van der Waals surface area contributed by atoms with Crippen molar-refractivity contribution in [1.82, 2.24) is 5.43 Å². The average molecular weight is 360 g/mol. The summed E-state index contributed by atoms with van der Waals surface area (Å²) < 4.78 is 5.77. The molecule has 0 radical (unpaired) electrons. The van der Waals surface area contributed by atoms with Crippen molar-refractivity contribution in [3.63, 3.8) is 0 Å². The summed E-state index contributed by atoms with van der Waals surface area (Å²) in [5.74, 6) is 2.41. The maximum absolute atomic E-state index is 11.3. The Morgan fingerprint density at radius 3 is 2.72 bits per heavy atom. The Kier molecular flexibility index (Phi) is 6.95. The maximum atomic E-state index is 11.3. The fourth-order valence-electron chi connectivity index (χ4n) is 2.58. The Bertz CT molecular complexity index is 763. The highest BCUT2D eigenvalue weighted by molar-refractivity contribution is 5.94. The smallest absolute Gasteiger partial charge is 0.159 e. The van der Waals surface area contributed by atoms with Gasteiger partial charge in [0, 0.05) is 24.1 Å². The second-order valence-electron chi connectivity index (χ2n) is 5.84. The monoisotopic (exact) mass is 359 g/mol. The largest absolute Gasteiger partial charge is 0.455 e. The molecule has 0 spiro atoms. The molecule has 3 rings (SSSR count). The number of rotatable bonds is 4. The molecule has 5 nitrogen and oxygen atoms in total. The molecule has 0 atom stereocenters. The van der Waals surface area contributed by atoms with Crippen LogP contribution in [0.5, 0.6) is 0 Å². The van der Waals surface area contributed by atoms with Gasteiger partial charge < -0.3 is 4.42 Å². The highest BCUT2D eigenvalue weighted by Crippen LogP contribution is 2.22. The van der Waals surface area contributed by atoms with Crippen molar-refractivity contribution in [2.45, 2.75) is 32.6 Å². The zero-order chi connectivity index (χ0) is 16.8. The number of furan rings is 1. The highest BCUT2D eigenvalue weighted by atomic mass is 35.5. The van der Waals surface area contributed by atoms with Crippen LogP contribution in [-0.4, -0.2) is 24.4 Å². The quantitative estimate of drug-likeness (QED) is 0.497. The number of halogens is 1. The van der Waals surface area contributed by atoms with Crippen LogP contribution in [0.3, 0.4) is 0 Å². The van der Waals surface area contributed by atoms with Crippen LogP contribution in [0.4, 0.5) is 0 Å². The third-order valence-electron chi connectivity index (χ3n) is 3.96. The van der Waals surface area contributed by atoms with Gasteiger partial charge in [-0.1, -0.05) is 30.7 Å². The van der Waals surface area contributed by atoms with Gasteiger partial charge in [0.2, 0.25) is 0 Å². The zero-order valence-corrected chi connectivity index (χ0v) is 15.0.